The summed E-state index contributed by atoms with van der Waals surface area (Å²) in [7, 11) is 0. The molecular formula is C15H14O3. The largest absolute Gasteiger partial charge is 0.481 e. The summed E-state index contributed by atoms with van der Waals surface area (Å²) >= 11 is 0. The molecule has 0 unspecified atom stereocenters. The van der Waals surface area contributed by atoms with Crippen molar-refractivity contribution in [1.29, 1.82) is 0 Å². The molecule has 0 radical (unpaired) electrons. The Bertz CT molecular complexity index is 547. The summed E-state index contributed by atoms with van der Waals surface area (Å²) < 4.78 is 0. The van der Waals surface area contributed by atoms with E-state index < -0.39 is 5.97 Å². The topological polar surface area (TPSA) is 57.5 Å². The first kappa shape index (κ1) is 12.3. The molecule has 0 aliphatic carbocycles. The van der Waals surface area contributed by atoms with Gasteiger partial charge in [-0.2, -0.15) is 0 Å². The summed E-state index contributed by atoms with van der Waals surface area (Å²) in [6, 6.07) is 15.3. The Morgan fingerprint density at radius 2 is 1.67 bits per heavy atom. The van der Waals surface area contributed by atoms with Crippen LogP contribution in [0.15, 0.2) is 48.5 Å². The summed E-state index contributed by atoms with van der Waals surface area (Å²) in [5.41, 5.74) is 3.32. The number of aliphatic hydroxyl groups excluding tert-OH is 1. The molecule has 0 saturated heterocycles. The van der Waals surface area contributed by atoms with Gasteiger partial charge in [0.25, 0.3) is 0 Å². The molecule has 0 aromatic heterocycles. The molecule has 2 N–H and O–H groups in total. The van der Waals surface area contributed by atoms with Crippen molar-refractivity contribution in [2.45, 2.75) is 13.0 Å². The van der Waals surface area contributed by atoms with Gasteiger partial charge in [-0.15, -0.1) is 0 Å². The smallest absolute Gasteiger partial charge is 0.307 e. The van der Waals surface area contributed by atoms with Crippen molar-refractivity contribution in [2.75, 3.05) is 0 Å². The molecule has 0 spiro atoms. The van der Waals surface area contributed by atoms with Crippen molar-refractivity contribution < 1.29 is 15.0 Å². The Hall–Kier alpha value is -2.13. The van der Waals surface area contributed by atoms with Crippen molar-refractivity contribution in [2.24, 2.45) is 0 Å². The first-order valence-electron chi connectivity index (χ1n) is 5.70. The van der Waals surface area contributed by atoms with Gasteiger partial charge in [0, 0.05) is 0 Å². The summed E-state index contributed by atoms with van der Waals surface area (Å²) in [6.45, 7) is -0.141. The van der Waals surface area contributed by atoms with Gasteiger partial charge >= 0.3 is 5.97 Å². The quantitative estimate of drug-likeness (QED) is 0.866. The second-order valence-corrected chi connectivity index (χ2v) is 4.08. The molecule has 2 aromatic rings. The van der Waals surface area contributed by atoms with Crippen LogP contribution in [0.5, 0.6) is 0 Å². The first-order chi connectivity index (χ1) is 8.70. The normalized spacial score (nSPS) is 10.3. The maximum atomic E-state index is 10.8. The fraction of sp³-hybridized carbons (Fsp3) is 0.133. The van der Waals surface area contributed by atoms with Crippen LogP contribution < -0.4 is 0 Å². The lowest BCUT2D eigenvalue weighted by Crippen LogP contribution is -2.04. The predicted octanol–water partition coefficient (Wildman–Crippen LogP) is 2.47. The summed E-state index contributed by atoms with van der Waals surface area (Å²) in [5.74, 6) is -0.894. The Kier molecular flexibility index (Phi) is 3.75. The molecule has 0 bridgehead atoms. The fourth-order valence-electron chi connectivity index (χ4n) is 1.92. The number of benzene rings is 2. The molecular weight excluding hydrogens is 228 g/mol. The van der Waals surface area contributed by atoms with Gasteiger partial charge in [-0.3, -0.25) is 4.79 Å². The third-order valence-corrected chi connectivity index (χ3v) is 2.83. The zero-order chi connectivity index (χ0) is 13.0. The minimum absolute atomic E-state index is 0.0729. The van der Waals surface area contributed by atoms with E-state index in [2.05, 4.69) is 0 Å². The van der Waals surface area contributed by atoms with Crippen LogP contribution in [-0.4, -0.2) is 16.2 Å². The fourth-order valence-corrected chi connectivity index (χ4v) is 1.92. The lowest BCUT2D eigenvalue weighted by molar-refractivity contribution is -0.136. The average molecular weight is 242 g/mol. The van der Waals surface area contributed by atoms with Gasteiger partial charge in [0.2, 0.25) is 0 Å². The third kappa shape index (κ3) is 2.76. The second-order valence-electron chi connectivity index (χ2n) is 4.08. The van der Waals surface area contributed by atoms with E-state index in [1.807, 2.05) is 42.5 Å². The molecule has 0 heterocycles. The third-order valence-electron chi connectivity index (χ3n) is 2.83. The molecule has 0 atom stereocenters. The number of carboxylic acid groups (broad SMARTS) is 1. The van der Waals surface area contributed by atoms with Crippen LogP contribution in [0.25, 0.3) is 11.1 Å². The van der Waals surface area contributed by atoms with E-state index in [1.54, 1.807) is 6.07 Å². The highest BCUT2D eigenvalue weighted by molar-refractivity contribution is 5.73. The summed E-state index contributed by atoms with van der Waals surface area (Å²) in [5, 5.41) is 18.1. The maximum absolute atomic E-state index is 10.8. The van der Waals surface area contributed by atoms with Gasteiger partial charge in [0.05, 0.1) is 13.0 Å². The summed E-state index contributed by atoms with van der Waals surface area (Å²) in [6.07, 6.45) is -0.0729. The van der Waals surface area contributed by atoms with E-state index in [9.17, 15) is 9.90 Å². The zero-order valence-corrected chi connectivity index (χ0v) is 9.84. The number of rotatable bonds is 4. The van der Waals surface area contributed by atoms with Crippen LogP contribution in [-0.2, 0) is 17.8 Å². The standard InChI is InChI=1S/C15H14O3/c16-10-13-7-6-12(8-14(13)9-15(17)18)11-4-2-1-3-5-11/h1-8,16H,9-10H2,(H,17,18). The number of aliphatic hydroxyl groups is 1. The van der Waals surface area contributed by atoms with Gasteiger partial charge in [-0.05, 0) is 22.3 Å². The van der Waals surface area contributed by atoms with Crippen LogP contribution in [0.3, 0.4) is 0 Å². The molecule has 0 saturated carbocycles. The van der Waals surface area contributed by atoms with Gasteiger partial charge in [-0.1, -0.05) is 48.5 Å². The van der Waals surface area contributed by atoms with E-state index >= 15 is 0 Å². The number of hydrogen-bond acceptors (Lipinski definition) is 2. The number of aliphatic carboxylic acids is 1. The van der Waals surface area contributed by atoms with E-state index in [-0.39, 0.29) is 13.0 Å². The Morgan fingerprint density at radius 3 is 2.28 bits per heavy atom. The van der Waals surface area contributed by atoms with Crippen LogP contribution in [0, 0.1) is 0 Å². The molecule has 18 heavy (non-hydrogen) atoms. The van der Waals surface area contributed by atoms with Crippen molar-refractivity contribution in [3.63, 3.8) is 0 Å². The first-order valence-corrected chi connectivity index (χ1v) is 5.70. The highest BCUT2D eigenvalue weighted by Crippen LogP contribution is 2.23. The Labute approximate surface area is 105 Å². The van der Waals surface area contributed by atoms with E-state index in [0.29, 0.717) is 11.1 Å². The van der Waals surface area contributed by atoms with Crippen LogP contribution in [0.1, 0.15) is 11.1 Å². The number of carbonyl (C=O) groups is 1. The highest BCUT2D eigenvalue weighted by Gasteiger charge is 2.08. The Morgan fingerprint density at radius 1 is 0.944 bits per heavy atom. The van der Waals surface area contributed by atoms with Crippen molar-refractivity contribution in [3.8, 4) is 11.1 Å². The van der Waals surface area contributed by atoms with E-state index in [4.69, 9.17) is 5.11 Å². The lowest BCUT2D eigenvalue weighted by atomic mass is 9.98. The van der Waals surface area contributed by atoms with Gasteiger partial charge in [-0.25, -0.2) is 0 Å². The molecule has 0 aliphatic rings. The molecule has 3 heteroatoms. The van der Waals surface area contributed by atoms with Crippen LogP contribution in [0.2, 0.25) is 0 Å². The summed E-state index contributed by atoms with van der Waals surface area (Å²) in [4.78, 5) is 10.8. The minimum atomic E-state index is -0.894. The molecule has 2 aromatic carbocycles. The molecule has 0 aliphatic heterocycles. The van der Waals surface area contributed by atoms with Crippen LogP contribution in [0.4, 0.5) is 0 Å². The lowest BCUT2D eigenvalue weighted by Gasteiger charge is -2.08. The molecule has 0 fully saturated rings. The van der Waals surface area contributed by atoms with Crippen molar-refractivity contribution >= 4 is 5.97 Å². The Balaban J connectivity index is 2.42. The van der Waals surface area contributed by atoms with Crippen molar-refractivity contribution in [1.82, 2.24) is 0 Å². The zero-order valence-electron chi connectivity index (χ0n) is 9.84. The number of hydrogen-bond donors (Lipinski definition) is 2. The molecule has 3 nitrogen and oxygen atoms in total. The maximum Gasteiger partial charge on any atom is 0.307 e. The highest BCUT2D eigenvalue weighted by atomic mass is 16.4. The average Bonchev–Trinajstić information content (AvgIpc) is 2.39. The molecule has 92 valence electrons. The van der Waals surface area contributed by atoms with Crippen molar-refractivity contribution in [3.05, 3.63) is 59.7 Å². The molecule has 0 amide bonds. The predicted molar refractivity (Wildman–Crippen MR) is 69.1 cm³/mol. The van der Waals surface area contributed by atoms with Crippen LogP contribution >= 0.6 is 0 Å². The van der Waals surface area contributed by atoms with Gasteiger partial charge < -0.3 is 10.2 Å². The number of carboxylic acids is 1. The van der Waals surface area contributed by atoms with Gasteiger partial charge in [0.15, 0.2) is 0 Å². The van der Waals surface area contributed by atoms with Gasteiger partial charge in [0.1, 0.15) is 0 Å². The second kappa shape index (κ2) is 5.47. The minimum Gasteiger partial charge on any atom is -0.481 e. The monoisotopic (exact) mass is 242 g/mol. The van der Waals surface area contributed by atoms with E-state index in [0.717, 1.165) is 11.1 Å². The van der Waals surface area contributed by atoms with E-state index in [1.165, 1.54) is 0 Å². The SMILES string of the molecule is O=C(O)Cc1cc(-c2ccccc2)ccc1CO. The molecule has 2 rings (SSSR count).